The summed E-state index contributed by atoms with van der Waals surface area (Å²) in [4.78, 5) is 19.2. The molecule has 2 N–H and O–H groups in total. The Morgan fingerprint density at radius 3 is 2.50 bits per heavy atom. The minimum absolute atomic E-state index is 0. The van der Waals surface area contributed by atoms with E-state index in [0.29, 0.717) is 18.0 Å². The van der Waals surface area contributed by atoms with Crippen LogP contribution in [0.25, 0.3) is 10.6 Å². The molecule has 1 amide bonds. The molecule has 24 heavy (non-hydrogen) atoms. The van der Waals surface area contributed by atoms with Crippen LogP contribution < -0.4 is 10.5 Å². The Kier molecular flexibility index (Phi) is 7.20. The topological polar surface area (TPSA) is 68.5 Å². The smallest absolute Gasteiger partial charge is 0.265 e. The fraction of sp³-hybridized carbons (Fsp3) is 0.412. The number of carbonyl (C=O) groups is 1. The molecule has 0 aliphatic heterocycles. The predicted octanol–water partition coefficient (Wildman–Crippen LogP) is 3.30. The Hall–Kier alpha value is -1.63. The van der Waals surface area contributed by atoms with Crippen LogP contribution in [0.2, 0.25) is 0 Å². The van der Waals surface area contributed by atoms with E-state index in [4.69, 9.17) is 10.5 Å². The lowest BCUT2D eigenvalue weighted by Crippen LogP contribution is -2.39. The van der Waals surface area contributed by atoms with Gasteiger partial charge in [0.25, 0.3) is 5.91 Å². The SMILES string of the molecule is COc1ccc(-c2ncc(C(=O)N(C)CC(C)(C)CN)s2)cc1.Cl. The number of ether oxygens (including phenoxy) is 1. The third-order valence-electron chi connectivity index (χ3n) is 3.62. The van der Waals surface area contributed by atoms with E-state index in [-0.39, 0.29) is 23.7 Å². The first-order valence-electron chi connectivity index (χ1n) is 7.42. The Morgan fingerprint density at radius 1 is 1.33 bits per heavy atom. The highest BCUT2D eigenvalue weighted by molar-refractivity contribution is 7.16. The lowest BCUT2D eigenvalue weighted by molar-refractivity contribution is 0.0745. The van der Waals surface area contributed by atoms with Gasteiger partial charge in [-0.25, -0.2) is 4.98 Å². The van der Waals surface area contributed by atoms with E-state index in [1.165, 1.54) is 11.3 Å². The van der Waals surface area contributed by atoms with Gasteiger partial charge >= 0.3 is 0 Å². The minimum Gasteiger partial charge on any atom is -0.497 e. The summed E-state index contributed by atoms with van der Waals surface area (Å²) in [5.74, 6) is 0.772. The van der Waals surface area contributed by atoms with Gasteiger partial charge in [-0.3, -0.25) is 4.79 Å². The molecule has 0 radical (unpaired) electrons. The zero-order chi connectivity index (χ0) is 17.0. The quantitative estimate of drug-likeness (QED) is 0.848. The first-order valence-corrected chi connectivity index (χ1v) is 8.24. The summed E-state index contributed by atoms with van der Waals surface area (Å²) in [7, 11) is 3.43. The van der Waals surface area contributed by atoms with E-state index in [1.807, 2.05) is 38.1 Å². The van der Waals surface area contributed by atoms with Crippen molar-refractivity contribution in [2.45, 2.75) is 13.8 Å². The maximum Gasteiger partial charge on any atom is 0.265 e. The molecule has 0 aliphatic carbocycles. The number of hydrogen-bond acceptors (Lipinski definition) is 5. The van der Waals surface area contributed by atoms with Crippen LogP contribution in [0.1, 0.15) is 23.5 Å². The van der Waals surface area contributed by atoms with Crippen molar-refractivity contribution >= 4 is 29.7 Å². The minimum atomic E-state index is -0.103. The van der Waals surface area contributed by atoms with Gasteiger partial charge in [-0.2, -0.15) is 0 Å². The second-order valence-corrected chi connectivity index (χ2v) is 7.32. The fourth-order valence-electron chi connectivity index (χ4n) is 2.21. The summed E-state index contributed by atoms with van der Waals surface area (Å²) in [5, 5.41) is 0.822. The molecule has 0 spiro atoms. The second-order valence-electron chi connectivity index (χ2n) is 6.29. The normalized spacial score (nSPS) is 10.9. The number of nitrogens with two attached hydrogens (primary N) is 1. The molecular weight excluding hydrogens is 346 g/mol. The molecule has 1 heterocycles. The van der Waals surface area contributed by atoms with Crippen molar-refractivity contribution in [3.63, 3.8) is 0 Å². The number of rotatable bonds is 6. The molecule has 0 aliphatic rings. The molecule has 7 heteroatoms. The molecule has 5 nitrogen and oxygen atoms in total. The van der Waals surface area contributed by atoms with Crippen LogP contribution in [0, 0.1) is 5.41 Å². The summed E-state index contributed by atoms with van der Waals surface area (Å²) < 4.78 is 5.15. The van der Waals surface area contributed by atoms with Crippen molar-refractivity contribution in [3.8, 4) is 16.3 Å². The highest BCUT2D eigenvalue weighted by Gasteiger charge is 2.23. The van der Waals surface area contributed by atoms with E-state index < -0.39 is 0 Å². The van der Waals surface area contributed by atoms with Crippen molar-refractivity contribution in [2.75, 3.05) is 27.2 Å². The van der Waals surface area contributed by atoms with Gasteiger partial charge in [-0.1, -0.05) is 13.8 Å². The Morgan fingerprint density at radius 2 is 1.96 bits per heavy atom. The number of carbonyl (C=O) groups excluding carboxylic acids is 1. The first-order chi connectivity index (χ1) is 10.9. The van der Waals surface area contributed by atoms with Gasteiger partial charge in [-0.05, 0) is 36.2 Å². The van der Waals surface area contributed by atoms with Crippen molar-refractivity contribution in [3.05, 3.63) is 35.3 Å². The van der Waals surface area contributed by atoms with E-state index >= 15 is 0 Å². The monoisotopic (exact) mass is 369 g/mol. The van der Waals surface area contributed by atoms with Gasteiger partial charge in [0.15, 0.2) is 0 Å². The van der Waals surface area contributed by atoms with E-state index in [0.717, 1.165) is 16.3 Å². The van der Waals surface area contributed by atoms with E-state index in [9.17, 15) is 4.79 Å². The van der Waals surface area contributed by atoms with Crippen molar-refractivity contribution in [2.24, 2.45) is 11.1 Å². The van der Waals surface area contributed by atoms with Gasteiger partial charge < -0.3 is 15.4 Å². The summed E-state index contributed by atoms with van der Waals surface area (Å²) in [6, 6.07) is 7.64. The number of thiazole rings is 1. The molecule has 2 rings (SSSR count). The Labute approximate surface area is 153 Å². The van der Waals surface area contributed by atoms with Crippen LogP contribution in [0.4, 0.5) is 0 Å². The first kappa shape index (κ1) is 20.4. The van der Waals surface area contributed by atoms with Gasteiger partial charge in [0.05, 0.1) is 13.3 Å². The summed E-state index contributed by atoms with van der Waals surface area (Å²) >= 11 is 1.40. The van der Waals surface area contributed by atoms with Crippen LogP contribution in [-0.4, -0.2) is 43.0 Å². The summed E-state index contributed by atoms with van der Waals surface area (Å²) in [5.41, 5.74) is 6.61. The van der Waals surface area contributed by atoms with Gasteiger partial charge in [0.1, 0.15) is 15.6 Å². The molecule has 0 saturated heterocycles. The van der Waals surface area contributed by atoms with Gasteiger partial charge in [-0.15, -0.1) is 23.7 Å². The molecule has 0 unspecified atom stereocenters. The van der Waals surface area contributed by atoms with Crippen molar-refractivity contribution in [1.82, 2.24) is 9.88 Å². The van der Waals surface area contributed by atoms with E-state index in [2.05, 4.69) is 4.98 Å². The molecule has 0 fully saturated rings. The van der Waals surface area contributed by atoms with Crippen LogP contribution in [0.15, 0.2) is 30.5 Å². The highest BCUT2D eigenvalue weighted by atomic mass is 35.5. The Balaban J connectivity index is 0.00000288. The largest absolute Gasteiger partial charge is 0.497 e. The van der Waals surface area contributed by atoms with Crippen molar-refractivity contribution < 1.29 is 9.53 Å². The Bertz CT molecular complexity index is 671. The summed E-state index contributed by atoms with van der Waals surface area (Å²) in [6.45, 7) is 5.24. The number of amides is 1. The average Bonchev–Trinajstić information content (AvgIpc) is 3.03. The van der Waals surface area contributed by atoms with Crippen molar-refractivity contribution in [1.29, 1.82) is 0 Å². The maximum absolute atomic E-state index is 12.5. The third-order valence-corrected chi connectivity index (χ3v) is 4.65. The second kappa shape index (κ2) is 8.46. The number of benzene rings is 1. The number of methoxy groups -OCH3 is 1. The van der Waals surface area contributed by atoms with Crippen LogP contribution in [0.5, 0.6) is 5.75 Å². The van der Waals surface area contributed by atoms with Crippen LogP contribution in [0.3, 0.4) is 0 Å². The molecule has 0 saturated carbocycles. The summed E-state index contributed by atoms with van der Waals surface area (Å²) in [6.07, 6.45) is 1.64. The number of aromatic nitrogens is 1. The number of hydrogen-bond donors (Lipinski definition) is 1. The van der Waals surface area contributed by atoms with Gasteiger partial charge in [0, 0.05) is 19.2 Å². The predicted molar refractivity (Wildman–Crippen MR) is 101 cm³/mol. The van der Waals surface area contributed by atoms with Crippen LogP contribution >= 0.6 is 23.7 Å². The zero-order valence-electron chi connectivity index (χ0n) is 14.4. The molecule has 0 atom stereocenters. The van der Waals surface area contributed by atoms with E-state index in [1.54, 1.807) is 25.3 Å². The maximum atomic E-state index is 12.5. The molecular formula is C17H24ClN3O2S. The lowest BCUT2D eigenvalue weighted by atomic mass is 9.93. The molecule has 2 aromatic rings. The average molecular weight is 370 g/mol. The molecule has 1 aromatic heterocycles. The highest BCUT2D eigenvalue weighted by Crippen LogP contribution is 2.27. The number of halogens is 1. The number of nitrogens with zero attached hydrogens (tertiary/aromatic N) is 2. The van der Waals surface area contributed by atoms with Gasteiger partial charge in [0.2, 0.25) is 0 Å². The third kappa shape index (κ3) is 4.93. The fourth-order valence-corrected chi connectivity index (χ4v) is 3.12. The molecule has 132 valence electrons. The molecule has 0 bridgehead atoms. The molecule has 1 aromatic carbocycles. The van der Waals surface area contributed by atoms with Crippen LogP contribution in [-0.2, 0) is 0 Å². The zero-order valence-corrected chi connectivity index (χ0v) is 16.0. The standard InChI is InChI=1S/C17H23N3O2S.ClH/c1-17(2,10-18)11-20(3)16(21)14-9-19-15(23-14)12-5-7-13(22-4)8-6-12;/h5-9H,10-11,18H2,1-4H3;1H. The lowest BCUT2D eigenvalue weighted by Gasteiger charge is -2.28.